The Hall–Kier alpha value is -1.67. The van der Waals surface area contributed by atoms with Gasteiger partial charge in [-0.15, -0.1) is 0 Å². The lowest BCUT2D eigenvalue weighted by Crippen LogP contribution is -2.50. The number of carbonyl (C=O) groups is 1. The number of halogens is 3. The molecule has 1 aliphatic carbocycles. The number of alkyl halides is 3. The van der Waals surface area contributed by atoms with Gasteiger partial charge in [-0.25, -0.2) is 0 Å². The predicted octanol–water partition coefficient (Wildman–Crippen LogP) is 4.58. The summed E-state index contributed by atoms with van der Waals surface area (Å²) in [4.78, 5) is 19.7. The molecule has 2 aliphatic heterocycles. The molecule has 184 valence electrons. The number of ether oxygens (including phenoxy) is 1. The highest BCUT2D eigenvalue weighted by atomic mass is 19.4. The Bertz CT molecular complexity index is 860. The van der Waals surface area contributed by atoms with Crippen molar-refractivity contribution in [2.24, 2.45) is 17.3 Å². The zero-order chi connectivity index (χ0) is 23.8. The maximum Gasteiger partial charge on any atom is 0.417 e. The molecule has 0 aromatic carbocycles. The third-order valence-corrected chi connectivity index (χ3v) is 8.18. The molecule has 3 aliphatic rings. The summed E-state index contributed by atoms with van der Waals surface area (Å²) in [6.45, 7) is 8.67. The van der Waals surface area contributed by atoms with Crippen molar-refractivity contribution >= 4 is 5.91 Å². The summed E-state index contributed by atoms with van der Waals surface area (Å²) in [5, 5.41) is 3.84. The van der Waals surface area contributed by atoms with E-state index in [1.54, 1.807) is 4.90 Å². The standard InChI is InChI=1S/C25H36F3N3O2/c1-4-17-15-33-10-7-22(17)30-20-5-8-24(12-20,16(2)3)23(32)31-9-6-21-18(14-31)11-19(13-29-21)25(26,27)28/h11,13,16-17,20,22,30H,4-10,12,14-15H2,1-3H3/t17?,20-,22?,24+/m1/s1. The van der Waals surface area contributed by atoms with Gasteiger partial charge in [-0.2, -0.15) is 13.2 Å². The highest BCUT2D eigenvalue weighted by Gasteiger charge is 2.50. The molecule has 1 aromatic rings. The minimum atomic E-state index is -4.43. The number of amides is 1. The molecule has 8 heteroatoms. The monoisotopic (exact) mass is 467 g/mol. The lowest BCUT2D eigenvalue weighted by atomic mass is 9.74. The summed E-state index contributed by atoms with van der Waals surface area (Å²) in [7, 11) is 0. The van der Waals surface area contributed by atoms with Crippen LogP contribution in [0.25, 0.3) is 0 Å². The maximum atomic E-state index is 13.8. The number of hydrogen-bond donors (Lipinski definition) is 1. The van der Waals surface area contributed by atoms with Gasteiger partial charge in [-0.3, -0.25) is 9.78 Å². The van der Waals surface area contributed by atoms with E-state index in [1.807, 2.05) is 0 Å². The number of hydrogen-bond acceptors (Lipinski definition) is 4. The minimum absolute atomic E-state index is 0.0869. The SMILES string of the molecule is CCC1COCCC1N[C@@H]1CC[C@@](C(=O)N2CCc3ncc(C(F)(F)F)cc3C2)(C(C)C)C1. The molecule has 0 radical (unpaired) electrons. The van der Waals surface area contributed by atoms with E-state index >= 15 is 0 Å². The van der Waals surface area contributed by atoms with E-state index in [1.165, 1.54) is 6.07 Å². The van der Waals surface area contributed by atoms with Gasteiger partial charge in [0, 0.05) is 50.1 Å². The van der Waals surface area contributed by atoms with Crippen LogP contribution in [0.4, 0.5) is 13.2 Å². The maximum absolute atomic E-state index is 13.8. The largest absolute Gasteiger partial charge is 0.417 e. The molecule has 1 amide bonds. The van der Waals surface area contributed by atoms with Crippen molar-refractivity contribution in [3.8, 4) is 0 Å². The fraction of sp³-hybridized carbons (Fsp3) is 0.760. The topological polar surface area (TPSA) is 54.5 Å². The molecule has 3 heterocycles. The van der Waals surface area contributed by atoms with Gasteiger partial charge < -0.3 is 15.0 Å². The second kappa shape index (κ2) is 9.53. The molecule has 2 unspecified atom stereocenters. The van der Waals surface area contributed by atoms with E-state index in [9.17, 15) is 18.0 Å². The zero-order valence-corrected chi connectivity index (χ0v) is 19.9. The van der Waals surface area contributed by atoms with E-state index in [0.717, 1.165) is 51.5 Å². The fourth-order valence-corrected chi connectivity index (χ4v) is 5.97. The molecule has 1 saturated carbocycles. The van der Waals surface area contributed by atoms with E-state index < -0.39 is 17.2 Å². The zero-order valence-electron chi connectivity index (χ0n) is 19.9. The third-order valence-electron chi connectivity index (χ3n) is 8.18. The summed E-state index contributed by atoms with van der Waals surface area (Å²) < 4.78 is 45.2. The van der Waals surface area contributed by atoms with Crippen molar-refractivity contribution < 1.29 is 22.7 Å². The second-order valence-electron chi connectivity index (χ2n) is 10.4. The van der Waals surface area contributed by atoms with Crippen LogP contribution in [0.5, 0.6) is 0 Å². The number of nitrogens with zero attached hydrogens (tertiary/aromatic N) is 2. The van der Waals surface area contributed by atoms with Crippen LogP contribution < -0.4 is 5.32 Å². The minimum Gasteiger partial charge on any atom is -0.381 e. The van der Waals surface area contributed by atoms with Crippen LogP contribution in [0.15, 0.2) is 12.3 Å². The summed E-state index contributed by atoms with van der Waals surface area (Å²) in [5.74, 6) is 0.746. The number of aromatic nitrogens is 1. The first-order chi connectivity index (χ1) is 15.6. The lowest BCUT2D eigenvalue weighted by Gasteiger charge is -2.40. The molecular formula is C25H36F3N3O2. The van der Waals surface area contributed by atoms with Gasteiger partial charge in [-0.05, 0) is 55.6 Å². The predicted molar refractivity (Wildman–Crippen MR) is 119 cm³/mol. The van der Waals surface area contributed by atoms with Gasteiger partial charge in [0.05, 0.1) is 17.6 Å². The van der Waals surface area contributed by atoms with Crippen LogP contribution >= 0.6 is 0 Å². The molecule has 33 heavy (non-hydrogen) atoms. The van der Waals surface area contributed by atoms with Crippen molar-refractivity contribution in [2.75, 3.05) is 19.8 Å². The molecule has 1 saturated heterocycles. The lowest BCUT2D eigenvalue weighted by molar-refractivity contribution is -0.146. The molecule has 1 aromatic heterocycles. The Morgan fingerprint density at radius 2 is 2.15 bits per heavy atom. The highest BCUT2D eigenvalue weighted by molar-refractivity contribution is 5.83. The van der Waals surface area contributed by atoms with Crippen LogP contribution in [-0.4, -0.2) is 47.6 Å². The van der Waals surface area contributed by atoms with Crippen LogP contribution in [-0.2, 0) is 28.7 Å². The normalized spacial score (nSPS) is 30.5. The van der Waals surface area contributed by atoms with Crippen molar-refractivity contribution in [1.82, 2.24) is 15.2 Å². The van der Waals surface area contributed by atoms with Crippen LogP contribution in [0.2, 0.25) is 0 Å². The van der Waals surface area contributed by atoms with Gasteiger partial charge in [-0.1, -0.05) is 20.8 Å². The summed E-state index contributed by atoms with van der Waals surface area (Å²) in [6.07, 6.45) is 1.57. The highest BCUT2D eigenvalue weighted by Crippen LogP contribution is 2.47. The summed E-state index contributed by atoms with van der Waals surface area (Å²) in [6, 6.07) is 1.86. The molecule has 5 nitrogen and oxygen atoms in total. The molecule has 2 fully saturated rings. The van der Waals surface area contributed by atoms with Gasteiger partial charge in [0.25, 0.3) is 0 Å². The fourth-order valence-electron chi connectivity index (χ4n) is 5.97. The van der Waals surface area contributed by atoms with Gasteiger partial charge in [0.1, 0.15) is 0 Å². The number of nitrogens with one attached hydrogen (secondary N) is 1. The number of carbonyl (C=O) groups excluding carboxylic acids is 1. The van der Waals surface area contributed by atoms with Crippen LogP contribution in [0.1, 0.15) is 69.7 Å². The number of rotatable bonds is 5. The van der Waals surface area contributed by atoms with E-state index in [0.29, 0.717) is 36.2 Å². The first kappa shape index (κ1) is 24.5. The molecule has 4 atom stereocenters. The summed E-state index contributed by atoms with van der Waals surface area (Å²) >= 11 is 0. The van der Waals surface area contributed by atoms with Crippen LogP contribution in [0.3, 0.4) is 0 Å². The molecule has 4 rings (SSSR count). The van der Waals surface area contributed by atoms with Gasteiger partial charge >= 0.3 is 6.18 Å². The second-order valence-corrected chi connectivity index (χ2v) is 10.4. The molecular weight excluding hydrogens is 431 g/mol. The van der Waals surface area contributed by atoms with Gasteiger partial charge in [0.15, 0.2) is 0 Å². The number of fused-ring (bicyclic) bond motifs is 1. The van der Waals surface area contributed by atoms with Crippen molar-refractivity contribution in [1.29, 1.82) is 0 Å². The Morgan fingerprint density at radius 1 is 1.36 bits per heavy atom. The molecule has 0 bridgehead atoms. The first-order valence-corrected chi connectivity index (χ1v) is 12.3. The van der Waals surface area contributed by atoms with Crippen molar-refractivity contribution in [3.63, 3.8) is 0 Å². The van der Waals surface area contributed by atoms with E-state index in [4.69, 9.17) is 4.74 Å². The van der Waals surface area contributed by atoms with E-state index in [-0.39, 0.29) is 24.4 Å². The van der Waals surface area contributed by atoms with Crippen molar-refractivity contribution in [3.05, 3.63) is 29.1 Å². The smallest absolute Gasteiger partial charge is 0.381 e. The summed E-state index contributed by atoms with van der Waals surface area (Å²) in [5.41, 5.74) is -0.0381. The van der Waals surface area contributed by atoms with E-state index in [2.05, 4.69) is 31.1 Å². The molecule has 1 N–H and O–H groups in total. The Morgan fingerprint density at radius 3 is 2.85 bits per heavy atom. The quantitative estimate of drug-likeness (QED) is 0.689. The third kappa shape index (κ3) is 4.92. The Balaban J connectivity index is 1.48. The Kier molecular flexibility index (Phi) is 7.06. The van der Waals surface area contributed by atoms with Gasteiger partial charge in [0.2, 0.25) is 5.91 Å². The van der Waals surface area contributed by atoms with Crippen LogP contribution in [0, 0.1) is 17.3 Å². The number of pyridine rings is 1. The molecule has 0 spiro atoms. The van der Waals surface area contributed by atoms with Crippen molar-refractivity contribution in [2.45, 2.75) is 84.1 Å². The first-order valence-electron chi connectivity index (χ1n) is 12.3. The Labute approximate surface area is 194 Å². The average molecular weight is 468 g/mol. The average Bonchev–Trinajstić information content (AvgIpc) is 3.23.